The third-order valence-electron chi connectivity index (χ3n) is 5.89. The van der Waals surface area contributed by atoms with Crippen LogP contribution in [0.25, 0.3) is 0 Å². The second-order valence-electron chi connectivity index (χ2n) is 7.21. The van der Waals surface area contributed by atoms with Gasteiger partial charge in [0.2, 0.25) is 0 Å². The standard InChI is InChI=1S/C19H26N2/c1-14-7-6-10-18(15(14)2)21-17-11-19(12-17,13-20)16-8-4-3-5-9-16/h3-5,8-9,14-15,17-18,21H,6-7,10-12H2,1-2H3. The second kappa shape index (κ2) is 5.81. The van der Waals surface area contributed by atoms with Crippen LogP contribution in [0, 0.1) is 23.2 Å². The number of nitriles is 1. The zero-order valence-electron chi connectivity index (χ0n) is 13.2. The van der Waals surface area contributed by atoms with Gasteiger partial charge in [0.1, 0.15) is 0 Å². The van der Waals surface area contributed by atoms with E-state index in [9.17, 15) is 5.26 Å². The molecule has 3 unspecified atom stereocenters. The molecule has 2 aliphatic rings. The minimum Gasteiger partial charge on any atom is -0.311 e. The van der Waals surface area contributed by atoms with Crippen LogP contribution in [0.5, 0.6) is 0 Å². The Labute approximate surface area is 128 Å². The minimum atomic E-state index is -0.248. The first-order valence-electron chi connectivity index (χ1n) is 8.37. The Morgan fingerprint density at radius 1 is 1.14 bits per heavy atom. The zero-order valence-corrected chi connectivity index (χ0v) is 13.2. The molecule has 21 heavy (non-hydrogen) atoms. The SMILES string of the molecule is CC1CCCC(NC2CC(C#N)(c3ccccc3)C2)C1C. The first-order chi connectivity index (χ1) is 10.1. The van der Waals surface area contributed by atoms with E-state index in [0.29, 0.717) is 12.1 Å². The molecule has 0 aliphatic heterocycles. The van der Waals surface area contributed by atoms with Crippen LogP contribution in [0.3, 0.4) is 0 Å². The number of nitrogens with zero attached hydrogens (tertiary/aromatic N) is 1. The van der Waals surface area contributed by atoms with Gasteiger partial charge in [0, 0.05) is 12.1 Å². The van der Waals surface area contributed by atoms with Crippen LogP contribution in [-0.4, -0.2) is 12.1 Å². The molecule has 0 spiro atoms. The molecule has 3 rings (SSSR count). The van der Waals surface area contributed by atoms with Gasteiger partial charge in [-0.25, -0.2) is 0 Å². The number of hydrogen-bond acceptors (Lipinski definition) is 2. The largest absolute Gasteiger partial charge is 0.311 e. The van der Waals surface area contributed by atoms with Crippen molar-refractivity contribution in [1.82, 2.24) is 5.32 Å². The third kappa shape index (κ3) is 2.72. The van der Waals surface area contributed by atoms with Gasteiger partial charge < -0.3 is 5.32 Å². The molecule has 2 fully saturated rings. The van der Waals surface area contributed by atoms with Gasteiger partial charge in [-0.05, 0) is 36.7 Å². The highest BCUT2D eigenvalue weighted by molar-refractivity contribution is 5.36. The molecule has 0 bridgehead atoms. The lowest BCUT2D eigenvalue weighted by atomic mass is 9.62. The van der Waals surface area contributed by atoms with E-state index in [4.69, 9.17) is 0 Å². The number of hydrogen-bond donors (Lipinski definition) is 1. The Morgan fingerprint density at radius 2 is 1.86 bits per heavy atom. The zero-order chi connectivity index (χ0) is 14.9. The lowest BCUT2D eigenvalue weighted by Crippen LogP contribution is -2.56. The molecule has 0 heterocycles. The van der Waals surface area contributed by atoms with Crippen LogP contribution >= 0.6 is 0 Å². The van der Waals surface area contributed by atoms with Crippen molar-refractivity contribution >= 4 is 0 Å². The van der Waals surface area contributed by atoms with Crippen molar-refractivity contribution < 1.29 is 0 Å². The maximum Gasteiger partial charge on any atom is 0.0852 e. The summed E-state index contributed by atoms with van der Waals surface area (Å²) in [7, 11) is 0. The Morgan fingerprint density at radius 3 is 2.52 bits per heavy atom. The summed E-state index contributed by atoms with van der Waals surface area (Å²) in [5, 5.41) is 13.5. The highest BCUT2D eigenvalue weighted by Gasteiger charge is 2.47. The predicted molar refractivity (Wildman–Crippen MR) is 85.9 cm³/mol. The fourth-order valence-electron chi connectivity index (χ4n) is 4.17. The molecular formula is C19H26N2. The highest BCUT2D eigenvalue weighted by Crippen LogP contribution is 2.44. The summed E-state index contributed by atoms with van der Waals surface area (Å²) in [5.74, 6) is 1.58. The van der Waals surface area contributed by atoms with E-state index in [1.807, 2.05) is 18.2 Å². The Balaban J connectivity index is 1.61. The number of benzene rings is 1. The molecule has 112 valence electrons. The molecule has 2 nitrogen and oxygen atoms in total. The van der Waals surface area contributed by atoms with Crippen molar-refractivity contribution in [1.29, 1.82) is 5.26 Å². The van der Waals surface area contributed by atoms with Gasteiger partial charge in [-0.3, -0.25) is 0 Å². The van der Waals surface area contributed by atoms with Gasteiger partial charge in [-0.2, -0.15) is 5.26 Å². The van der Waals surface area contributed by atoms with E-state index in [-0.39, 0.29) is 5.41 Å². The van der Waals surface area contributed by atoms with Crippen molar-refractivity contribution in [3.63, 3.8) is 0 Å². The average molecular weight is 282 g/mol. The molecular weight excluding hydrogens is 256 g/mol. The van der Waals surface area contributed by atoms with E-state index >= 15 is 0 Å². The smallest absolute Gasteiger partial charge is 0.0852 e. The summed E-state index contributed by atoms with van der Waals surface area (Å²) in [6.07, 6.45) is 5.94. The summed E-state index contributed by atoms with van der Waals surface area (Å²) < 4.78 is 0. The first kappa shape index (κ1) is 14.6. The van der Waals surface area contributed by atoms with Crippen LogP contribution < -0.4 is 5.32 Å². The maximum absolute atomic E-state index is 9.63. The summed E-state index contributed by atoms with van der Waals surface area (Å²) in [4.78, 5) is 0. The van der Waals surface area contributed by atoms with Crippen molar-refractivity contribution in [2.45, 2.75) is 63.5 Å². The fourth-order valence-corrected chi connectivity index (χ4v) is 4.17. The van der Waals surface area contributed by atoms with Gasteiger partial charge in [0.15, 0.2) is 0 Å². The van der Waals surface area contributed by atoms with Crippen LogP contribution in [0.2, 0.25) is 0 Å². The molecule has 1 aromatic rings. The fraction of sp³-hybridized carbons (Fsp3) is 0.632. The third-order valence-corrected chi connectivity index (χ3v) is 5.89. The van der Waals surface area contributed by atoms with Crippen molar-refractivity contribution in [3.8, 4) is 6.07 Å². The topological polar surface area (TPSA) is 35.8 Å². The molecule has 0 radical (unpaired) electrons. The van der Waals surface area contributed by atoms with Crippen molar-refractivity contribution in [2.24, 2.45) is 11.8 Å². The lowest BCUT2D eigenvalue weighted by Gasteiger charge is -2.47. The molecule has 0 aromatic heterocycles. The minimum absolute atomic E-state index is 0.248. The van der Waals surface area contributed by atoms with Gasteiger partial charge in [0.25, 0.3) is 0 Å². The molecule has 0 amide bonds. The second-order valence-corrected chi connectivity index (χ2v) is 7.21. The van der Waals surface area contributed by atoms with Gasteiger partial charge >= 0.3 is 0 Å². The molecule has 0 saturated heterocycles. The lowest BCUT2D eigenvalue weighted by molar-refractivity contribution is 0.143. The van der Waals surface area contributed by atoms with E-state index in [2.05, 4.69) is 37.4 Å². The average Bonchev–Trinajstić information content (AvgIpc) is 2.48. The van der Waals surface area contributed by atoms with E-state index in [0.717, 1.165) is 24.7 Å². The summed E-state index contributed by atoms with van der Waals surface area (Å²) >= 11 is 0. The van der Waals surface area contributed by atoms with Crippen molar-refractivity contribution in [3.05, 3.63) is 35.9 Å². The molecule has 2 aliphatic carbocycles. The van der Waals surface area contributed by atoms with E-state index in [1.54, 1.807) is 0 Å². The molecule has 1 aromatic carbocycles. The van der Waals surface area contributed by atoms with Crippen LogP contribution in [0.1, 0.15) is 51.5 Å². The number of rotatable bonds is 3. The summed E-state index contributed by atoms with van der Waals surface area (Å²) in [5.41, 5.74) is 0.943. The molecule has 1 N–H and O–H groups in total. The van der Waals surface area contributed by atoms with E-state index in [1.165, 1.54) is 24.8 Å². The van der Waals surface area contributed by atoms with Gasteiger partial charge in [-0.1, -0.05) is 57.0 Å². The normalized spacial score (nSPS) is 39.3. The van der Waals surface area contributed by atoms with Gasteiger partial charge in [0.05, 0.1) is 11.5 Å². The monoisotopic (exact) mass is 282 g/mol. The summed E-state index contributed by atoms with van der Waals surface area (Å²) in [6.45, 7) is 4.76. The van der Waals surface area contributed by atoms with E-state index < -0.39 is 0 Å². The number of nitrogens with one attached hydrogen (secondary N) is 1. The Bertz CT molecular complexity index is 510. The predicted octanol–water partition coefficient (Wildman–Crippen LogP) is 4.02. The van der Waals surface area contributed by atoms with Crippen molar-refractivity contribution in [2.75, 3.05) is 0 Å². The van der Waals surface area contributed by atoms with Crippen LogP contribution in [0.15, 0.2) is 30.3 Å². The summed E-state index contributed by atoms with van der Waals surface area (Å²) in [6, 6.07) is 14.0. The first-order valence-corrected chi connectivity index (χ1v) is 8.37. The molecule has 2 heteroatoms. The highest BCUT2D eigenvalue weighted by atomic mass is 15.0. The van der Waals surface area contributed by atoms with Crippen LogP contribution in [0.4, 0.5) is 0 Å². The molecule has 2 saturated carbocycles. The Kier molecular flexibility index (Phi) is 4.04. The van der Waals surface area contributed by atoms with Crippen LogP contribution in [-0.2, 0) is 5.41 Å². The quantitative estimate of drug-likeness (QED) is 0.908. The maximum atomic E-state index is 9.63. The Hall–Kier alpha value is -1.33. The molecule has 3 atom stereocenters. The van der Waals surface area contributed by atoms with Gasteiger partial charge in [-0.15, -0.1) is 0 Å².